The van der Waals surface area contributed by atoms with Gasteiger partial charge in [-0.15, -0.1) is 0 Å². The summed E-state index contributed by atoms with van der Waals surface area (Å²) in [4.78, 5) is 14.3. The van der Waals surface area contributed by atoms with E-state index in [-0.39, 0.29) is 75.1 Å². The smallest absolute Gasteiger partial charge is 0 e. The molecule has 0 saturated carbocycles. The molecule has 0 amide bonds. The Hall–Kier alpha value is 2.07. The van der Waals surface area contributed by atoms with Crippen molar-refractivity contribution in [1.82, 2.24) is 0 Å². The van der Waals surface area contributed by atoms with Crippen molar-refractivity contribution < 1.29 is 40.3 Å². The van der Waals surface area contributed by atoms with Crippen LogP contribution in [0, 0.1) is 0 Å². The van der Waals surface area contributed by atoms with Crippen LogP contribution in [-0.2, 0) is 30.7 Å². The van der Waals surface area contributed by atoms with Crippen LogP contribution in [0.15, 0.2) is 0 Å². The van der Waals surface area contributed by atoms with Crippen LogP contribution in [0.4, 0.5) is 0 Å². The van der Waals surface area contributed by atoms with Crippen molar-refractivity contribution in [2.24, 2.45) is 0 Å². The van der Waals surface area contributed by atoms with E-state index in [1.54, 1.807) is 0 Å². The molecule has 0 atom stereocenters. The predicted molar refractivity (Wildman–Crippen MR) is 19.4 cm³/mol. The molecule has 0 aromatic heterocycles. The van der Waals surface area contributed by atoms with Gasteiger partial charge in [0.15, 0.2) is 0 Å². The van der Waals surface area contributed by atoms with E-state index in [0.29, 0.717) is 0 Å². The topological polar surface area (TPSA) is 57.5 Å². The van der Waals surface area contributed by atoms with Gasteiger partial charge in [-0.1, -0.05) is 0 Å². The molecule has 6 heteroatoms. The first-order valence-corrected chi connectivity index (χ1v) is 1.95. The summed E-state index contributed by atoms with van der Waals surface area (Å²) < 4.78 is 8.74. The Morgan fingerprint density at radius 2 is 1.33 bits per heavy atom. The maximum atomic E-state index is 8.74. The fourth-order valence-corrected chi connectivity index (χ4v) is 0. The molecule has 0 spiro atoms. The SMILES string of the molecule is O=[Si](O)O.[BaH2].[Zr]. The average Bonchev–Trinajstić information content (AvgIpc) is 0.811. The molecule has 0 saturated heterocycles. The molecule has 0 heterocycles. The van der Waals surface area contributed by atoms with Gasteiger partial charge in [-0.3, -0.25) is 4.46 Å². The van der Waals surface area contributed by atoms with Crippen LogP contribution in [0.1, 0.15) is 0 Å². The molecule has 0 aliphatic rings. The Kier molecular flexibility index (Phi) is 26.5. The summed E-state index contributed by atoms with van der Waals surface area (Å²) in [6.07, 6.45) is 0. The van der Waals surface area contributed by atoms with Gasteiger partial charge in [-0.05, 0) is 0 Å². The summed E-state index contributed by atoms with van der Waals surface area (Å²) in [6, 6.07) is 0. The van der Waals surface area contributed by atoms with Gasteiger partial charge in [-0.25, -0.2) is 0 Å². The second-order valence-corrected chi connectivity index (χ2v) is 0.848. The van der Waals surface area contributed by atoms with E-state index in [2.05, 4.69) is 0 Å². The van der Waals surface area contributed by atoms with E-state index in [1.165, 1.54) is 0 Å². The second-order valence-electron chi connectivity index (χ2n) is 0.283. The van der Waals surface area contributed by atoms with Crippen molar-refractivity contribution in [3.63, 3.8) is 0 Å². The Bertz CT molecular complexity index is 33.8. The van der Waals surface area contributed by atoms with Crippen molar-refractivity contribution in [2.45, 2.75) is 0 Å². The molecular weight excluding hydrogens is 305 g/mol. The first-order valence-electron chi connectivity index (χ1n) is 0.651. The van der Waals surface area contributed by atoms with Crippen LogP contribution in [0.25, 0.3) is 0 Å². The van der Waals surface area contributed by atoms with E-state index >= 15 is 0 Å². The van der Waals surface area contributed by atoms with E-state index in [0.717, 1.165) is 0 Å². The van der Waals surface area contributed by atoms with Crippen LogP contribution in [0.2, 0.25) is 0 Å². The van der Waals surface area contributed by atoms with Crippen LogP contribution >= 0.6 is 0 Å². The molecule has 6 heavy (non-hydrogen) atoms. The van der Waals surface area contributed by atoms with Crippen LogP contribution in [-0.4, -0.2) is 67.6 Å². The van der Waals surface area contributed by atoms with Gasteiger partial charge < -0.3 is 9.59 Å². The third-order valence-corrected chi connectivity index (χ3v) is 0. The van der Waals surface area contributed by atoms with Crippen molar-refractivity contribution in [1.29, 1.82) is 0 Å². The molecule has 0 radical (unpaired) electrons. The number of rotatable bonds is 0. The molecule has 0 aromatic rings. The first-order chi connectivity index (χ1) is 1.73. The van der Waals surface area contributed by atoms with Crippen LogP contribution < -0.4 is 0 Å². The second kappa shape index (κ2) is 10.1. The van der Waals surface area contributed by atoms with Gasteiger partial charge in [0.1, 0.15) is 0 Å². The molecule has 0 bridgehead atoms. The zero-order valence-electron chi connectivity index (χ0n) is 2.30. The molecule has 32 valence electrons. The Morgan fingerprint density at radius 1 is 1.33 bits per heavy atom. The van der Waals surface area contributed by atoms with Crippen molar-refractivity contribution >= 4 is 58.1 Å². The van der Waals surface area contributed by atoms with E-state index in [4.69, 9.17) is 14.1 Å². The summed E-state index contributed by atoms with van der Waals surface area (Å²) >= 11 is 0. The molecular formula is H4BaO3SiZr. The predicted octanol–water partition coefficient (Wildman–Crippen LogP) is -2.53. The van der Waals surface area contributed by atoms with Crippen molar-refractivity contribution in [3.05, 3.63) is 0 Å². The van der Waals surface area contributed by atoms with Gasteiger partial charge in [0, 0.05) is 26.2 Å². The molecule has 3 nitrogen and oxygen atoms in total. The zero-order valence-corrected chi connectivity index (χ0v) is 5.76. The molecule has 0 aliphatic carbocycles. The van der Waals surface area contributed by atoms with Crippen molar-refractivity contribution in [2.75, 3.05) is 0 Å². The summed E-state index contributed by atoms with van der Waals surface area (Å²) in [5.74, 6) is 0. The third-order valence-electron chi connectivity index (χ3n) is 0. The van der Waals surface area contributed by atoms with Gasteiger partial charge in [0.2, 0.25) is 0 Å². The summed E-state index contributed by atoms with van der Waals surface area (Å²) in [5, 5.41) is 0. The largest absolute Gasteiger partial charge is 0 e. The molecule has 0 aliphatic heterocycles. The monoisotopic (exact) mass is 308 g/mol. The summed E-state index contributed by atoms with van der Waals surface area (Å²) in [5.41, 5.74) is 0. The van der Waals surface area contributed by atoms with Gasteiger partial charge in [0.25, 0.3) is 0 Å². The molecule has 0 fully saturated rings. The maximum absolute atomic E-state index is 8.74. The first kappa shape index (κ1) is 15.7. The van der Waals surface area contributed by atoms with E-state index in [9.17, 15) is 0 Å². The number of hydrogen-bond acceptors (Lipinski definition) is 1. The summed E-state index contributed by atoms with van der Waals surface area (Å²) in [6.45, 7) is 0. The third kappa shape index (κ3) is 36.4. The standard InChI is InChI=1S/Ba.H2O3Si.Zr.2H/c;1-4(2)3;;;/h;1-2H;;;. The maximum Gasteiger partial charge on any atom is 0 e. The zero-order chi connectivity index (χ0) is 3.58. The normalized spacial score (nSPS) is 4.00. The average molecular weight is 309 g/mol. The van der Waals surface area contributed by atoms with Gasteiger partial charge in [0.05, 0.1) is 0 Å². The Labute approximate surface area is 96.2 Å². The fraction of sp³-hybridized carbons (Fsp3) is 0. The molecule has 0 rings (SSSR count). The minimum Gasteiger partial charge on any atom is 0 e. The Morgan fingerprint density at radius 3 is 1.33 bits per heavy atom. The number of hydrogen-bond donors (Lipinski definition) is 2. The molecule has 2 N–H and O–H groups in total. The fourth-order valence-electron chi connectivity index (χ4n) is 0. The molecule has 0 unspecified atom stereocenters. The minimum atomic E-state index is -3.13. The van der Waals surface area contributed by atoms with Crippen LogP contribution in [0.5, 0.6) is 0 Å². The van der Waals surface area contributed by atoms with E-state index < -0.39 is 9.17 Å². The van der Waals surface area contributed by atoms with Gasteiger partial charge in [-0.2, -0.15) is 0 Å². The quantitative estimate of drug-likeness (QED) is 0.485. The van der Waals surface area contributed by atoms with Crippen molar-refractivity contribution in [3.8, 4) is 0 Å². The summed E-state index contributed by atoms with van der Waals surface area (Å²) in [7, 11) is -3.13. The minimum absolute atomic E-state index is 0. The van der Waals surface area contributed by atoms with Gasteiger partial charge >= 0.3 is 58.1 Å². The molecule has 0 aromatic carbocycles. The van der Waals surface area contributed by atoms with E-state index in [1.807, 2.05) is 0 Å². The van der Waals surface area contributed by atoms with Crippen LogP contribution in [0.3, 0.4) is 0 Å². The Balaban J connectivity index is -0.0000000450.